The lowest BCUT2D eigenvalue weighted by atomic mass is 9.87. The van der Waals surface area contributed by atoms with E-state index >= 15 is 0 Å². The van der Waals surface area contributed by atoms with Crippen molar-refractivity contribution in [2.24, 2.45) is 0 Å². The van der Waals surface area contributed by atoms with E-state index in [0.29, 0.717) is 17.9 Å². The van der Waals surface area contributed by atoms with Gasteiger partial charge in [0.25, 0.3) is 0 Å². The molecule has 3 heterocycles. The lowest BCUT2D eigenvalue weighted by Crippen LogP contribution is -2.21. The molecule has 0 amide bonds. The van der Waals surface area contributed by atoms with Crippen LogP contribution < -0.4 is 5.32 Å². The zero-order chi connectivity index (χ0) is 16.4. The van der Waals surface area contributed by atoms with Crippen molar-refractivity contribution in [3.8, 4) is 17.5 Å². The topological polar surface area (TPSA) is 71.1 Å². The predicted molar refractivity (Wildman–Crippen MR) is 90.8 cm³/mol. The molecule has 1 atom stereocenters. The Labute approximate surface area is 141 Å². The summed E-state index contributed by atoms with van der Waals surface area (Å²) < 4.78 is 11.3. The molecule has 0 saturated carbocycles. The maximum atomic E-state index is 9.70. The molecule has 1 saturated heterocycles. The maximum absolute atomic E-state index is 9.70. The number of aromatic nitrogens is 1. The molecule has 2 aromatic heterocycles. The van der Waals surface area contributed by atoms with Gasteiger partial charge in [0.15, 0.2) is 5.76 Å². The van der Waals surface area contributed by atoms with Crippen molar-refractivity contribution in [2.45, 2.75) is 44.6 Å². The first-order valence-electron chi connectivity index (χ1n) is 8.72. The third kappa shape index (κ3) is 2.78. The van der Waals surface area contributed by atoms with Crippen LogP contribution in [0.15, 0.2) is 22.8 Å². The van der Waals surface area contributed by atoms with Crippen molar-refractivity contribution in [3.63, 3.8) is 0 Å². The summed E-state index contributed by atoms with van der Waals surface area (Å²) in [6.45, 7) is 1.52. The standard InChI is InChI=1S/C19H21N3O2/c20-11-16-14-6-1-2-7-15(14)18(17-8-4-10-24-17)22-19(16)21-12-13-5-3-9-23-13/h4,8,10,13H,1-3,5-7,9,12H2,(H,21,22)/t13-/m1/s1. The first-order chi connectivity index (χ1) is 11.9. The van der Waals surface area contributed by atoms with Gasteiger partial charge in [-0.05, 0) is 61.8 Å². The summed E-state index contributed by atoms with van der Waals surface area (Å²) in [7, 11) is 0. The number of rotatable bonds is 4. The summed E-state index contributed by atoms with van der Waals surface area (Å²) in [6.07, 6.45) is 8.19. The maximum Gasteiger partial charge on any atom is 0.152 e. The van der Waals surface area contributed by atoms with Crippen LogP contribution >= 0.6 is 0 Å². The van der Waals surface area contributed by atoms with E-state index in [2.05, 4.69) is 11.4 Å². The SMILES string of the molecule is N#Cc1c(NC[C@H]2CCCO2)nc(-c2ccco2)c2c1CCCC2. The lowest BCUT2D eigenvalue weighted by molar-refractivity contribution is 0.120. The number of nitriles is 1. The van der Waals surface area contributed by atoms with Crippen molar-refractivity contribution in [1.82, 2.24) is 4.98 Å². The first-order valence-corrected chi connectivity index (χ1v) is 8.72. The molecule has 2 aromatic rings. The Morgan fingerprint density at radius 3 is 2.83 bits per heavy atom. The second-order valence-electron chi connectivity index (χ2n) is 6.45. The van der Waals surface area contributed by atoms with E-state index in [1.807, 2.05) is 12.1 Å². The van der Waals surface area contributed by atoms with E-state index < -0.39 is 0 Å². The van der Waals surface area contributed by atoms with Crippen molar-refractivity contribution in [3.05, 3.63) is 35.1 Å². The molecule has 1 fully saturated rings. The molecule has 5 heteroatoms. The number of fused-ring (bicyclic) bond motifs is 1. The number of ether oxygens (including phenoxy) is 1. The first kappa shape index (κ1) is 15.2. The quantitative estimate of drug-likeness (QED) is 0.929. The van der Waals surface area contributed by atoms with Gasteiger partial charge < -0.3 is 14.5 Å². The molecule has 0 aromatic carbocycles. The molecule has 0 bridgehead atoms. The van der Waals surface area contributed by atoms with Gasteiger partial charge in [0.05, 0.1) is 17.9 Å². The highest BCUT2D eigenvalue weighted by atomic mass is 16.5. The van der Waals surface area contributed by atoms with Crippen LogP contribution in [-0.4, -0.2) is 24.2 Å². The van der Waals surface area contributed by atoms with Crippen LogP contribution in [0, 0.1) is 11.3 Å². The fourth-order valence-electron chi connectivity index (χ4n) is 3.70. The average molecular weight is 323 g/mol. The van der Waals surface area contributed by atoms with E-state index in [4.69, 9.17) is 14.1 Å². The van der Waals surface area contributed by atoms with Crippen LogP contribution in [0.2, 0.25) is 0 Å². The molecular weight excluding hydrogens is 302 g/mol. The van der Waals surface area contributed by atoms with Crippen LogP contribution in [-0.2, 0) is 17.6 Å². The van der Waals surface area contributed by atoms with Crippen LogP contribution in [0.3, 0.4) is 0 Å². The Hall–Kier alpha value is -2.32. The molecule has 0 unspecified atom stereocenters. The molecule has 1 N–H and O–H groups in total. The summed E-state index contributed by atoms with van der Waals surface area (Å²) in [4.78, 5) is 4.78. The number of anilines is 1. The van der Waals surface area contributed by atoms with Crippen molar-refractivity contribution < 1.29 is 9.15 Å². The van der Waals surface area contributed by atoms with Gasteiger partial charge in [0, 0.05) is 13.2 Å². The minimum Gasteiger partial charge on any atom is -0.463 e. The number of nitrogens with one attached hydrogen (secondary N) is 1. The minimum atomic E-state index is 0.210. The summed E-state index contributed by atoms with van der Waals surface area (Å²) in [5, 5.41) is 13.1. The third-order valence-corrected chi connectivity index (χ3v) is 4.90. The summed E-state index contributed by atoms with van der Waals surface area (Å²) in [6, 6.07) is 6.19. The highest BCUT2D eigenvalue weighted by Gasteiger charge is 2.24. The van der Waals surface area contributed by atoms with E-state index in [0.717, 1.165) is 62.1 Å². The lowest BCUT2D eigenvalue weighted by Gasteiger charge is -2.22. The molecular formula is C19H21N3O2. The Morgan fingerprint density at radius 2 is 2.12 bits per heavy atom. The molecule has 124 valence electrons. The van der Waals surface area contributed by atoms with Gasteiger partial charge in [-0.15, -0.1) is 0 Å². The number of nitrogens with zero attached hydrogens (tertiary/aromatic N) is 2. The fraction of sp³-hybridized carbons (Fsp3) is 0.474. The largest absolute Gasteiger partial charge is 0.463 e. The zero-order valence-electron chi connectivity index (χ0n) is 13.7. The highest BCUT2D eigenvalue weighted by Crippen LogP contribution is 2.35. The molecule has 5 nitrogen and oxygen atoms in total. The van der Waals surface area contributed by atoms with Gasteiger partial charge in [0.1, 0.15) is 17.6 Å². The Kier molecular flexibility index (Phi) is 4.22. The van der Waals surface area contributed by atoms with Gasteiger partial charge in [0.2, 0.25) is 0 Å². The van der Waals surface area contributed by atoms with Crippen LogP contribution in [0.1, 0.15) is 42.4 Å². The summed E-state index contributed by atoms with van der Waals surface area (Å²) in [5.41, 5.74) is 3.89. The molecule has 0 radical (unpaired) electrons. The van der Waals surface area contributed by atoms with E-state index in [-0.39, 0.29) is 6.10 Å². The minimum absolute atomic E-state index is 0.210. The molecule has 1 aliphatic carbocycles. The molecule has 1 aliphatic heterocycles. The number of furan rings is 1. The molecule has 4 rings (SSSR count). The van der Waals surface area contributed by atoms with Gasteiger partial charge in [-0.3, -0.25) is 0 Å². The van der Waals surface area contributed by atoms with Crippen LogP contribution in [0.5, 0.6) is 0 Å². The number of pyridine rings is 1. The number of hydrogen-bond donors (Lipinski definition) is 1. The fourth-order valence-corrected chi connectivity index (χ4v) is 3.70. The van der Waals surface area contributed by atoms with Gasteiger partial charge >= 0.3 is 0 Å². The zero-order valence-corrected chi connectivity index (χ0v) is 13.7. The second kappa shape index (κ2) is 6.66. The second-order valence-corrected chi connectivity index (χ2v) is 6.45. The van der Waals surface area contributed by atoms with Crippen molar-refractivity contribution in [1.29, 1.82) is 5.26 Å². The summed E-state index contributed by atoms with van der Waals surface area (Å²) in [5.74, 6) is 1.44. The smallest absolute Gasteiger partial charge is 0.152 e. The molecule has 24 heavy (non-hydrogen) atoms. The average Bonchev–Trinajstić information content (AvgIpc) is 3.32. The Morgan fingerprint density at radius 1 is 1.25 bits per heavy atom. The van der Waals surface area contributed by atoms with Crippen molar-refractivity contribution in [2.75, 3.05) is 18.5 Å². The predicted octanol–water partition coefficient (Wildman–Crippen LogP) is 3.68. The van der Waals surface area contributed by atoms with E-state index in [9.17, 15) is 5.26 Å². The van der Waals surface area contributed by atoms with Crippen molar-refractivity contribution >= 4 is 5.82 Å². The van der Waals surface area contributed by atoms with Crippen LogP contribution in [0.4, 0.5) is 5.82 Å². The van der Waals surface area contributed by atoms with Gasteiger partial charge in [-0.25, -0.2) is 4.98 Å². The Bertz CT molecular complexity index is 756. The molecule has 2 aliphatic rings. The summed E-state index contributed by atoms with van der Waals surface area (Å²) >= 11 is 0. The third-order valence-electron chi connectivity index (χ3n) is 4.90. The normalized spacial score (nSPS) is 19.7. The van der Waals surface area contributed by atoms with Gasteiger partial charge in [-0.2, -0.15) is 5.26 Å². The monoisotopic (exact) mass is 323 g/mol. The van der Waals surface area contributed by atoms with E-state index in [1.165, 1.54) is 5.56 Å². The van der Waals surface area contributed by atoms with Crippen LogP contribution in [0.25, 0.3) is 11.5 Å². The van der Waals surface area contributed by atoms with E-state index in [1.54, 1.807) is 6.26 Å². The number of hydrogen-bond acceptors (Lipinski definition) is 5. The van der Waals surface area contributed by atoms with Gasteiger partial charge in [-0.1, -0.05) is 0 Å². The molecule has 0 spiro atoms. The highest BCUT2D eigenvalue weighted by molar-refractivity contribution is 5.69. The Balaban J connectivity index is 1.74.